The van der Waals surface area contributed by atoms with Gasteiger partial charge in [0.15, 0.2) is 6.10 Å². The van der Waals surface area contributed by atoms with Crippen molar-refractivity contribution in [1.29, 1.82) is 0 Å². The smallest absolute Gasteiger partial charge is 0.394 e. The van der Waals surface area contributed by atoms with Gasteiger partial charge in [-0.1, -0.05) is 13.3 Å². The van der Waals surface area contributed by atoms with Gasteiger partial charge in [0.2, 0.25) is 0 Å². The number of hydrogen-bond acceptors (Lipinski definition) is 3. The van der Waals surface area contributed by atoms with Crippen molar-refractivity contribution < 1.29 is 23.0 Å². The fourth-order valence-corrected chi connectivity index (χ4v) is 2.90. The summed E-state index contributed by atoms with van der Waals surface area (Å²) < 4.78 is 41.8. The topological polar surface area (TPSA) is 41.5 Å². The molecule has 0 bridgehead atoms. The Balaban J connectivity index is 2.43. The summed E-state index contributed by atoms with van der Waals surface area (Å²) in [4.78, 5) is 0. The predicted octanol–water partition coefficient (Wildman–Crippen LogP) is 2.48. The molecule has 6 heteroatoms. The lowest BCUT2D eigenvalue weighted by atomic mass is 9.85. The largest absolute Gasteiger partial charge is 0.414 e. The number of aliphatic hydroxyl groups is 1. The Morgan fingerprint density at radius 1 is 1.47 bits per heavy atom. The lowest BCUT2D eigenvalue weighted by Gasteiger charge is -2.35. The zero-order valence-electron chi connectivity index (χ0n) is 11.6. The van der Waals surface area contributed by atoms with Crippen LogP contribution in [0, 0.1) is 5.92 Å². The molecule has 1 aliphatic carbocycles. The second-order valence-corrected chi connectivity index (χ2v) is 5.28. The van der Waals surface area contributed by atoms with E-state index in [4.69, 9.17) is 4.74 Å². The van der Waals surface area contributed by atoms with E-state index >= 15 is 0 Å². The van der Waals surface area contributed by atoms with Gasteiger partial charge < -0.3 is 15.2 Å². The Kier molecular flexibility index (Phi) is 6.08. The number of ether oxygens (including phenoxy) is 1. The second-order valence-electron chi connectivity index (χ2n) is 5.28. The van der Waals surface area contributed by atoms with Crippen LogP contribution in [-0.4, -0.2) is 42.7 Å². The lowest BCUT2D eigenvalue weighted by molar-refractivity contribution is -0.215. The molecule has 3 atom stereocenters. The summed E-state index contributed by atoms with van der Waals surface area (Å²) in [5.41, 5.74) is -0.334. The molecule has 0 saturated heterocycles. The predicted molar refractivity (Wildman–Crippen MR) is 66.9 cm³/mol. The van der Waals surface area contributed by atoms with Crippen LogP contribution in [0.1, 0.15) is 39.5 Å². The molecule has 0 aromatic heterocycles. The van der Waals surface area contributed by atoms with Crippen molar-refractivity contribution in [2.45, 2.75) is 57.3 Å². The van der Waals surface area contributed by atoms with Gasteiger partial charge in [0.25, 0.3) is 0 Å². The van der Waals surface area contributed by atoms with Gasteiger partial charge in [0, 0.05) is 12.1 Å². The molecule has 0 aromatic carbocycles. The van der Waals surface area contributed by atoms with E-state index in [9.17, 15) is 18.3 Å². The number of halogens is 3. The monoisotopic (exact) mass is 283 g/mol. The van der Waals surface area contributed by atoms with Crippen LogP contribution in [0.2, 0.25) is 0 Å². The highest BCUT2D eigenvalue weighted by atomic mass is 19.4. The molecule has 1 rings (SSSR count). The fourth-order valence-electron chi connectivity index (χ4n) is 2.90. The summed E-state index contributed by atoms with van der Waals surface area (Å²) in [6.07, 6.45) is -2.68. The Hall–Kier alpha value is -0.330. The SMILES string of the molecule is CCNC1(CO)CCCC1CCOC(C)C(F)(F)F. The molecule has 114 valence electrons. The van der Waals surface area contributed by atoms with Crippen LogP contribution in [0.25, 0.3) is 0 Å². The molecule has 0 aromatic rings. The van der Waals surface area contributed by atoms with Crippen LogP contribution in [0.15, 0.2) is 0 Å². The van der Waals surface area contributed by atoms with Crippen molar-refractivity contribution in [1.82, 2.24) is 5.32 Å². The minimum atomic E-state index is -4.30. The molecule has 3 unspecified atom stereocenters. The Labute approximate surface area is 112 Å². The highest BCUT2D eigenvalue weighted by Gasteiger charge is 2.42. The third-order valence-electron chi connectivity index (χ3n) is 4.06. The normalized spacial score (nSPS) is 29.7. The standard InChI is InChI=1S/C13H24F3NO2/c1-3-17-12(9-18)7-4-5-11(12)6-8-19-10(2)13(14,15)16/h10-11,17-18H,3-9H2,1-2H3. The van der Waals surface area contributed by atoms with E-state index < -0.39 is 12.3 Å². The summed E-state index contributed by atoms with van der Waals surface area (Å²) >= 11 is 0. The zero-order valence-corrected chi connectivity index (χ0v) is 11.6. The Morgan fingerprint density at radius 2 is 2.16 bits per heavy atom. The number of hydrogen-bond donors (Lipinski definition) is 2. The molecular formula is C13H24F3NO2. The first-order valence-electron chi connectivity index (χ1n) is 6.90. The fraction of sp³-hybridized carbons (Fsp3) is 1.00. The van der Waals surface area contributed by atoms with Crippen molar-refractivity contribution >= 4 is 0 Å². The van der Waals surface area contributed by atoms with Crippen LogP contribution in [0.3, 0.4) is 0 Å². The van der Waals surface area contributed by atoms with Gasteiger partial charge in [-0.3, -0.25) is 0 Å². The van der Waals surface area contributed by atoms with Gasteiger partial charge in [-0.25, -0.2) is 0 Å². The number of likely N-dealkylation sites (N-methyl/N-ethyl adjacent to an activating group) is 1. The highest BCUT2D eigenvalue weighted by molar-refractivity contribution is 4.98. The molecule has 19 heavy (non-hydrogen) atoms. The third-order valence-corrected chi connectivity index (χ3v) is 4.06. The van der Waals surface area contributed by atoms with E-state index in [1.165, 1.54) is 0 Å². The van der Waals surface area contributed by atoms with Gasteiger partial charge >= 0.3 is 6.18 Å². The van der Waals surface area contributed by atoms with Gasteiger partial charge in [0.05, 0.1) is 6.61 Å². The van der Waals surface area contributed by atoms with Crippen LogP contribution in [-0.2, 0) is 4.74 Å². The summed E-state index contributed by atoms with van der Waals surface area (Å²) in [6, 6.07) is 0. The number of rotatable bonds is 7. The number of aliphatic hydroxyl groups excluding tert-OH is 1. The maximum Gasteiger partial charge on any atom is 0.414 e. The quantitative estimate of drug-likeness (QED) is 0.754. The summed E-state index contributed by atoms with van der Waals surface area (Å²) in [7, 11) is 0. The maximum absolute atomic E-state index is 12.3. The first-order valence-corrected chi connectivity index (χ1v) is 6.90. The number of nitrogens with one attached hydrogen (secondary N) is 1. The van der Waals surface area contributed by atoms with Gasteiger partial charge in [-0.15, -0.1) is 0 Å². The zero-order chi connectivity index (χ0) is 14.5. The minimum absolute atomic E-state index is 0.0281. The third kappa shape index (κ3) is 4.33. The molecule has 0 amide bonds. The Morgan fingerprint density at radius 3 is 2.68 bits per heavy atom. The van der Waals surface area contributed by atoms with Crippen LogP contribution in [0.5, 0.6) is 0 Å². The van der Waals surface area contributed by atoms with Crippen LogP contribution in [0.4, 0.5) is 13.2 Å². The average Bonchev–Trinajstić information content (AvgIpc) is 2.72. The average molecular weight is 283 g/mol. The van der Waals surface area contributed by atoms with Crippen molar-refractivity contribution in [3.63, 3.8) is 0 Å². The van der Waals surface area contributed by atoms with Crippen LogP contribution >= 0.6 is 0 Å². The van der Waals surface area contributed by atoms with E-state index in [1.54, 1.807) is 0 Å². The van der Waals surface area contributed by atoms with Gasteiger partial charge in [0.1, 0.15) is 0 Å². The molecule has 2 N–H and O–H groups in total. The molecule has 3 nitrogen and oxygen atoms in total. The van der Waals surface area contributed by atoms with E-state index in [-0.39, 0.29) is 24.7 Å². The van der Waals surface area contributed by atoms with Crippen molar-refractivity contribution in [2.24, 2.45) is 5.92 Å². The lowest BCUT2D eigenvalue weighted by Crippen LogP contribution is -2.51. The Bertz CT molecular complexity index is 273. The van der Waals surface area contributed by atoms with Crippen molar-refractivity contribution in [2.75, 3.05) is 19.8 Å². The molecule has 1 fully saturated rings. The molecule has 0 heterocycles. The van der Waals surface area contributed by atoms with Crippen molar-refractivity contribution in [3.05, 3.63) is 0 Å². The molecule has 0 aliphatic heterocycles. The van der Waals surface area contributed by atoms with Crippen LogP contribution < -0.4 is 5.32 Å². The number of alkyl halides is 3. The van der Waals surface area contributed by atoms with Gasteiger partial charge in [-0.05, 0) is 38.6 Å². The molecule has 0 radical (unpaired) electrons. The first-order chi connectivity index (χ1) is 8.85. The minimum Gasteiger partial charge on any atom is -0.394 e. The summed E-state index contributed by atoms with van der Waals surface area (Å²) in [6.45, 7) is 3.85. The van der Waals surface area contributed by atoms with E-state index in [0.717, 1.165) is 32.7 Å². The molecule has 1 saturated carbocycles. The molecule has 1 aliphatic rings. The highest BCUT2D eigenvalue weighted by Crippen LogP contribution is 2.38. The van der Waals surface area contributed by atoms with Gasteiger partial charge in [-0.2, -0.15) is 13.2 Å². The first kappa shape index (κ1) is 16.7. The maximum atomic E-state index is 12.3. The van der Waals surface area contributed by atoms with Crippen molar-refractivity contribution in [3.8, 4) is 0 Å². The molecule has 0 spiro atoms. The second kappa shape index (κ2) is 6.90. The van der Waals surface area contributed by atoms with E-state index in [0.29, 0.717) is 6.42 Å². The van der Waals surface area contributed by atoms with E-state index in [1.807, 2.05) is 6.92 Å². The molecular weight excluding hydrogens is 259 g/mol. The summed E-state index contributed by atoms with van der Waals surface area (Å²) in [5, 5.41) is 12.9. The summed E-state index contributed by atoms with van der Waals surface area (Å²) in [5.74, 6) is 0.179. The van der Waals surface area contributed by atoms with E-state index in [2.05, 4.69) is 5.32 Å².